The monoisotopic (exact) mass is 1260 g/mol. The normalized spacial score (nSPS) is 27.3. The quantitative estimate of drug-likeness (QED) is 0.123. The number of amides is 11. The third-order valence-corrected chi connectivity index (χ3v) is 16.8. The maximum atomic E-state index is 15.2. The van der Waals surface area contributed by atoms with Crippen molar-refractivity contribution in [2.24, 2.45) is 35.5 Å². The Labute approximate surface area is 532 Å². The largest absolute Gasteiger partial charge is 0.390 e. The lowest BCUT2D eigenvalue weighted by Gasteiger charge is -2.41. The third-order valence-electron chi connectivity index (χ3n) is 16.8. The Kier molecular flexibility index (Phi) is 33.5. The van der Waals surface area contributed by atoms with Gasteiger partial charge in [0.15, 0.2) is 0 Å². The number of allylic oxidation sites excluding steroid dienone is 1. The minimum absolute atomic E-state index is 0.00693. The second kappa shape index (κ2) is 37.0. The second-order valence-electron chi connectivity index (χ2n) is 26.1. The highest BCUT2D eigenvalue weighted by molar-refractivity contribution is 6.00. The number of aliphatic hydroxyl groups excluding tert-OH is 1. The predicted molar refractivity (Wildman–Crippen MR) is 344 cm³/mol. The minimum atomic E-state index is -1.66. The van der Waals surface area contributed by atoms with E-state index in [2.05, 4.69) is 27.8 Å². The molecule has 24 nitrogen and oxygen atoms in total. The molecule has 0 aromatic carbocycles. The zero-order valence-electron chi connectivity index (χ0n) is 58.3. The Hall–Kier alpha value is -6.43. The molecule has 11 amide bonds. The number of carbonyl (C=O) groups excluding carboxylic acids is 11. The molecule has 0 bridgehead atoms. The Morgan fingerprint density at radius 1 is 0.483 bits per heavy atom. The number of rotatable bonds is 18. The summed E-state index contributed by atoms with van der Waals surface area (Å²) in [5.41, 5.74) is 0. The van der Waals surface area contributed by atoms with Gasteiger partial charge in [0, 0.05) is 54.7 Å². The van der Waals surface area contributed by atoms with Gasteiger partial charge in [0.1, 0.15) is 66.5 Å². The van der Waals surface area contributed by atoms with Gasteiger partial charge in [0.25, 0.3) is 0 Å². The summed E-state index contributed by atoms with van der Waals surface area (Å²) in [6, 6.07) is -14.2. The summed E-state index contributed by atoms with van der Waals surface area (Å²) < 4.78 is 5.99. The van der Waals surface area contributed by atoms with Crippen LogP contribution in [-0.2, 0) is 57.5 Å². The van der Waals surface area contributed by atoms with Gasteiger partial charge in [-0.1, -0.05) is 108 Å². The van der Waals surface area contributed by atoms with Crippen LogP contribution < -0.4 is 21.3 Å². The molecule has 508 valence electrons. The smallest absolute Gasteiger partial charge is 0.246 e. The molecule has 0 aromatic rings. The molecule has 14 atom stereocenters. The standard InChI is InChI=1S/C65H115N11O13/c1-26-31-41(16)54(77)53-58(81)68-45(28-3)60(83)76(30-5)46(29-4)61(84)74(24)52(44(19)89-32-27-2)57(80)69-50(39(12)13)64(87)70(20)47(33-36(6)7)56(79)66-42(17)55(78)67-43(18)59(82)71(21)48(34-37(8)9)62(85)72(22)49(35-38(10)11)63(86)73(23)51(40(14)15)65(88)75(53)25/h26-27,31,36-54,77H,2,28-30,32-35H2,1,3-25H3,(H,66,79)(H,67,78)(H,68,81)(H,69,80)/b31-26+/t41-,42+,43-,44-,45+,46-,47+,48+,49+,50+,51+,52?,53+,54-/m1/s1. The summed E-state index contributed by atoms with van der Waals surface area (Å²) in [4.78, 5) is 171. The van der Waals surface area contributed by atoms with E-state index in [1.165, 1.54) is 86.7 Å². The van der Waals surface area contributed by atoms with Gasteiger partial charge >= 0.3 is 0 Å². The Morgan fingerprint density at radius 3 is 1.37 bits per heavy atom. The van der Waals surface area contributed by atoms with Crippen LogP contribution in [0.1, 0.15) is 157 Å². The van der Waals surface area contributed by atoms with E-state index in [0.717, 1.165) is 9.80 Å². The van der Waals surface area contributed by atoms with Crippen LogP contribution in [0.5, 0.6) is 0 Å². The summed E-state index contributed by atoms with van der Waals surface area (Å²) in [6.45, 7) is 34.5. The van der Waals surface area contributed by atoms with Crippen molar-refractivity contribution >= 4 is 65.0 Å². The van der Waals surface area contributed by atoms with E-state index in [1.54, 1.807) is 81.4 Å². The topological polar surface area (TPSA) is 288 Å². The Balaban J connectivity index is 4.50. The van der Waals surface area contributed by atoms with Crippen molar-refractivity contribution in [3.05, 3.63) is 24.8 Å². The Bertz CT molecular complexity index is 2450. The SMILES string of the molecule is C=CCO[C@H](C)C1C(=O)N[C@@H](C(C)C)C(=O)N(C)[C@@H](CC(C)C)C(=O)N[C@@H](C)C(=O)N[C@H](C)C(=O)N(C)[C@@H](CC(C)C)C(=O)N(C)[C@@H](CC(C)C)C(=O)N(C)[C@@H](C(C)C)C(=O)N(C)[C@@H]([C@H](O)[C@H](C)/C=C/C)C(=O)N[C@@H](CC)C(=O)N(CC)[C@H](CC)C(=O)N1C. The summed E-state index contributed by atoms with van der Waals surface area (Å²) in [7, 11) is 8.46. The lowest BCUT2D eigenvalue weighted by molar-refractivity contribution is -0.157. The Morgan fingerprint density at radius 2 is 0.921 bits per heavy atom. The predicted octanol–water partition coefficient (Wildman–Crippen LogP) is 3.59. The highest BCUT2D eigenvalue weighted by Crippen LogP contribution is 2.26. The molecule has 1 saturated heterocycles. The molecule has 0 aliphatic carbocycles. The number of likely N-dealkylation sites (N-methyl/N-ethyl adjacent to an activating group) is 7. The second-order valence-corrected chi connectivity index (χ2v) is 26.1. The van der Waals surface area contributed by atoms with Crippen molar-refractivity contribution in [1.29, 1.82) is 0 Å². The average Bonchev–Trinajstić information content (AvgIpc) is 2.71. The fraction of sp³-hybridized carbons (Fsp3) is 0.769. The van der Waals surface area contributed by atoms with Crippen LogP contribution in [0.3, 0.4) is 0 Å². The lowest BCUT2D eigenvalue weighted by Crippen LogP contribution is -2.64. The van der Waals surface area contributed by atoms with Crippen molar-refractivity contribution < 1.29 is 62.6 Å². The van der Waals surface area contributed by atoms with Crippen LogP contribution in [0.25, 0.3) is 0 Å². The van der Waals surface area contributed by atoms with Crippen molar-refractivity contribution in [3.8, 4) is 0 Å². The van der Waals surface area contributed by atoms with E-state index in [4.69, 9.17) is 4.74 Å². The highest BCUT2D eigenvalue weighted by Gasteiger charge is 2.47. The molecular weight excluding hydrogens is 1140 g/mol. The first-order valence-electron chi connectivity index (χ1n) is 31.9. The molecule has 1 unspecified atom stereocenters. The first-order chi connectivity index (χ1) is 41.3. The van der Waals surface area contributed by atoms with Gasteiger partial charge in [0.2, 0.25) is 65.0 Å². The van der Waals surface area contributed by atoms with E-state index in [-0.39, 0.29) is 63.0 Å². The van der Waals surface area contributed by atoms with Gasteiger partial charge < -0.3 is 65.4 Å². The van der Waals surface area contributed by atoms with Crippen LogP contribution in [0.15, 0.2) is 24.8 Å². The molecule has 0 aromatic heterocycles. The molecular formula is C65H115N11O13. The van der Waals surface area contributed by atoms with E-state index < -0.39 is 161 Å². The fourth-order valence-electron chi connectivity index (χ4n) is 11.5. The summed E-state index contributed by atoms with van der Waals surface area (Å²) in [6.07, 6.45) is 2.66. The van der Waals surface area contributed by atoms with Gasteiger partial charge in [-0.2, -0.15) is 0 Å². The van der Waals surface area contributed by atoms with Crippen LogP contribution in [0.2, 0.25) is 0 Å². The summed E-state index contributed by atoms with van der Waals surface area (Å²) >= 11 is 0. The van der Waals surface area contributed by atoms with E-state index in [9.17, 15) is 38.7 Å². The van der Waals surface area contributed by atoms with E-state index in [0.29, 0.717) is 0 Å². The van der Waals surface area contributed by atoms with E-state index >= 15 is 19.2 Å². The maximum absolute atomic E-state index is 15.2. The van der Waals surface area contributed by atoms with Crippen LogP contribution in [0, 0.1) is 35.5 Å². The number of carbonyl (C=O) groups is 11. The number of hydrogen-bond acceptors (Lipinski definition) is 13. The molecule has 0 saturated carbocycles. The molecule has 0 radical (unpaired) electrons. The lowest BCUT2D eigenvalue weighted by atomic mass is 9.93. The van der Waals surface area contributed by atoms with Crippen LogP contribution >= 0.6 is 0 Å². The molecule has 1 aliphatic rings. The van der Waals surface area contributed by atoms with Crippen molar-refractivity contribution in [3.63, 3.8) is 0 Å². The number of nitrogens with zero attached hydrogens (tertiary/aromatic N) is 7. The molecule has 1 heterocycles. The van der Waals surface area contributed by atoms with Crippen LogP contribution in [0.4, 0.5) is 0 Å². The number of hydrogen-bond donors (Lipinski definition) is 5. The van der Waals surface area contributed by atoms with Crippen molar-refractivity contribution in [1.82, 2.24) is 55.6 Å². The molecule has 24 heteroatoms. The maximum Gasteiger partial charge on any atom is 0.246 e. The first kappa shape index (κ1) is 80.6. The van der Waals surface area contributed by atoms with Gasteiger partial charge in [-0.15, -0.1) is 6.58 Å². The summed E-state index contributed by atoms with van der Waals surface area (Å²) in [5, 5.41) is 23.1. The molecule has 1 fully saturated rings. The third kappa shape index (κ3) is 21.6. The molecule has 1 aliphatic heterocycles. The highest BCUT2D eigenvalue weighted by atomic mass is 16.5. The summed E-state index contributed by atoms with van der Waals surface area (Å²) in [5.74, 6) is -10.2. The van der Waals surface area contributed by atoms with E-state index in [1.807, 2.05) is 41.5 Å². The van der Waals surface area contributed by atoms with Gasteiger partial charge in [-0.3, -0.25) is 52.7 Å². The first-order valence-corrected chi connectivity index (χ1v) is 31.9. The number of ether oxygens (including phenoxy) is 1. The zero-order valence-corrected chi connectivity index (χ0v) is 58.3. The van der Waals surface area contributed by atoms with Gasteiger partial charge in [-0.25, -0.2) is 0 Å². The average molecular weight is 1260 g/mol. The number of nitrogens with one attached hydrogen (secondary N) is 4. The molecule has 89 heavy (non-hydrogen) atoms. The van der Waals surface area contributed by atoms with Crippen molar-refractivity contribution in [2.45, 2.75) is 235 Å². The van der Waals surface area contributed by atoms with Gasteiger partial charge in [-0.05, 0) is 96.3 Å². The van der Waals surface area contributed by atoms with Crippen molar-refractivity contribution in [2.75, 3.05) is 55.4 Å². The number of aliphatic hydroxyl groups is 1. The minimum Gasteiger partial charge on any atom is -0.390 e. The zero-order chi connectivity index (χ0) is 69.0. The molecule has 0 spiro atoms. The van der Waals surface area contributed by atoms with Crippen LogP contribution in [-0.4, -0.2) is 238 Å². The molecule has 1 rings (SSSR count). The van der Waals surface area contributed by atoms with Gasteiger partial charge in [0.05, 0.1) is 18.8 Å². The molecule has 5 N–H and O–H groups in total. The fourth-order valence-corrected chi connectivity index (χ4v) is 11.5.